The molecule has 0 unspecified atom stereocenters. The number of anilines is 1. The molecule has 0 saturated carbocycles. The second kappa shape index (κ2) is 3.34. The number of nitrogens with two attached hydrogens (primary N) is 1. The number of benzene rings is 1. The molecule has 16 heavy (non-hydrogen) atoms. The molecule has 3 N–H and O–H groups in total. The summed E-state index contributed by atoms with van der Waals surface area (Å²) in [6, 6.07) is 4.24. The van der Waals surface area contributed by atoms with E-state index in [1.54, 1.807) is 6.92 Å². The molecule has 0 bridgehead atoms. The average molecular weight is 219 g/mol. The summed E-state index contributed by atoms with van der Waals surface area (Å²) >= 11 is 0. The third-order valence-electron chi connectivity index (χ3n) is 2.51. The first-order valence-electron chi connectivity index (χ1n) is 4.57. The van der Waals surface area contributed by atoms with E-state index in [2.05, 4.69) is 4.98 Å². The number of nitro benzene ring substituents is 1. The number of rotatable bonds is 1. The number of aromatic nitrogens is 1. The highest BCUT2D eigenvalue weighted by Crippen LogP contribution is 2.23. The van der Waals surface area contributed by atoms with E-state index >= 15 is 0 Å². The van der Waals surface area contributed by atoms with Crippen molar-refractivity contribution >= 4 is 22.3 Å². The molecule has 0 aliphatic heterocycles. The van der Waals surface area contributed by atoms with E-state index in [0.717, 1.165) is 0 Å². The second-order valence-corrected chi connectivity index (χ2v) is 3.48. The van der Waals surface area contributed by atoms with Crippen molar-refractivity contribution in [1.29, 1.82) is 0 Å². The molecule has 1 heterocycles. The molecule has 0 radical (unpaired) electrons. The summed E-state index contributed by atoms with van der Waals surface area (Å²) in [7, 11) is 0. The second-order valence-electron chi connectivity index (χ2n) is 3.48. The average Bonchev–Trinajstić information content (AvgIpc) is 2.25. The van der Waals surface area contributed by atoms with E-state index in [4.69, 9.17) is 5.73 Å². The van der Waals surface area contributed by atoms with Crippen LogP contribution in [-0.2, 0) is 0 Å². The Morgan fingerprint density at radius 1 is 1.44 bits per heavy atom. The van der Waals surface area contributed by atoms with E-state index in [1.165, 1.54) is 18.2 Å². The first-order valence-corrected chi connectivity index (χ1v) is 4.57. The zero-order valence-corrected chi connectivity index (χ0v) is 8.48. The minimum Gasteiger partial charge on any atom is -0.394 e. The van der Waals surface area contributed by atoms with Gasteiger partial charge in [-0.1, -0.05) is 0 Å². The van der Waals surface area contributed by atoms with Gasteiger partial charge >= 0.3 is 0 Å². The smallest absolute Gasteiger partial charge is 0.271 e. The molecule has 0 fully saturated rings. The van der Waals surface area contributed by atoms with Gasteiger partial charge in [-0.15, -0.1) is 0 Å². The maximum Gasteiger partial charge on any atom is 0.271 e. The fourth-order valence-corrected chi connectivity index (χ4v) is 1.57. The van der Waals surface area contributed by atoms with Gasteiger partial charge in [-0.3, -0.25) is 14.9 Å². The van der Waals surface area contributed by atoms with Gasteiger partial charge in [-0.25, -0.2) is 0 Å². The van der Waals surface area contributed by atoms with Gasteiger partial charge in [0.05, 0.1) is 4.92 Å². The lowest BCUT2D eigenvalue weighted by Gasteiger charge is -2.04. The number of nitrogens with zero attached hydrogens (tertiary/aromatic N) is 1. The molecule has 2 aromatic rings. The summed E-state index contributed by atoms with van der Waals surface area (Å²) in [4.78, 5) is 24.0. The van der Waals surface area contributed by atoms with Crippen LogP contribution in [0.1, 0.15) is 5.56 Å². The number of aromatic amines is 1. The van der Waals surface area contributed by atoms with E-state index in [0.29, 0.717) is 16.5 Å². The minimum atomic E-state index is -0.486. The van der Waals surface area contributed by atoms with Crippen LogP contribution in [-0.4, -0.2) is 9.91 Å². The van der Waals surface area contributed by atoms with Crippen LogP contribution in [0, 0.1) is 17.0 Å². The Morgan fingerprint density at radius 2 is 2.12 bits per heavy atom. The molecule has 0 aliphatic rings. The van der Waals surface area contributed by atoms with Crippen LogP contribution in [0.5, 0.6) is 0 Å². The lowest BCUT2D eigenvalue weighted by molar-refractivity contribution is -0.384. The van der Waals surface area contributed by atoms with Crippen LogP contribution in [0.4, 0.5) is 11.4 Å². The van der Waals surface area contributed by atoms with Crippen LogP contribution in [0.2, 0.25) is 0 Å². The minimum absolute atomic E-state index is 0.0259. The molecule has 2 rings (SSSR count). The molecule has 6 heteroatoms. The van der Waals surface area contributed by atoms with Gasteiger partial charge in [0, 0.05) is 23.0 Å². The van der Waals surface area contributed by atoms with Crippen molar-refractivity contribution in [2.75, 3.05) is 5.73 Å². The van der Waals surface area contributed by atoms with E-state index in [1.807, 2.05) is 0 Å². The lowest BCUT2D eigenvalue weighted by atomic mass is 10.1. The summed E-state index contributed by atoms with van der Waals surface area (Å²) in [5.41, 5.74) is 6.35. The largest absolute Gasteiger partial charge is 0.394 e. The summed E-state index contributed by atoms with van der Waals surface area (Å²) < 4.78 is 0. The van der Waals surface area contributed by atoms with Gasteiger partial charge in [-0.2, -0.15) is 0 Å². The van der Waals surface area contributed by atoms with E-state index in [-0.39, 0.29) is 16.9 Å². The lowest BCUT2D eigenvalue weighted by Crippen LogP contribution is -2.13. The Hall–Kier alpha value is -2.37. The molecule has 0 saturated heterocycles. The van der Waals surface area contributed by atoms with E-state index < -0.39 is 4.92 Å². The number of hydrogen-bond donors (Lipinski definition) is 2. The molecule has 1 aromatic carbocycles. The highest BCUT2D eigenvalue weighted by atomic mass is 16.6. The van der Waals surface area contributed by atoms with Gasteiger partial charge in [0.2, 0.25) is 0 Å². The molecule has 0 atom stereocenters. The molecule has 0 amide bonds. The van der Waals surface area contributed by atoms with Gasteiger partial charge in [0.15, 0.2) is 0 Å². The predicted molar refractivity (Wildman–Crippen MR) is 60.4 cm³/mol. The number of H-pyrrole nitrogens is 1. The van der Waals surface area contributed by atoms with Gasteiger partial charge in [0.1, 0.15) is 5.69 Å². The summed E-state index contributed by atoms with van der Waals surface area (Å²) in [6.07, 6.45) is 0. The summed E-state index contributed by atoms with van der Waals surface area (Å²) in [5, 5.41) is 11.2. The van der Waals surface area contributed by atoms with Crippen molar-refractivity contribution in [3.05, 3.63) is 44.2 Å². The zero-order valence-electron chi connectivity index (χ0n) is 8.48. The number of pyridine rings is 1. The molecule has 82 valence electrons. The van der Waals surface area contributed by atoms with Gasteiger partial charge < -0.3 is 10.7 Å². The topological polar surface area (TPSA) is 102 Å². The maximum absolute atomic E-state index is 11.4. The first kappa shape index (κ1) is 10.2. The first-order chi connectivity index (χ1) is 7.50. The SMILES string of the molecule is Cc1c(N)c(=O)[nH]c2ccc([N+](=O)[O-])cc12. The molecular formula is C10H9N3O3. The highest BCUT2D eigenvalue weighted by molar-refractivity contribution is 5.87. The quantitative estimate of drug-likeness (QED) is 0.557. The number of nitrogens with one attached hydrogen (secondary N) is 1. The number of aryl methyl sites for hydroxylation is 1. The maximum atomic E-state index is 11.4. The summed E-state index contributed by atoms with van der Waals surface area (Å²) in [6.45, 7) is 1.66. The van der Waals surface area contributed by atoms with Crippen molar-refractivity contribution in [1.82, 2.24) is 4.98 Å². The number of non-ortho nitro benzene ring substituents is 1. The molecule has 6 nitrogen and oxygen atoms in total. The zero-order chi connectivity index (χ0) is 11.9. The Balaban J connectivity index is 2.88. The standard InChI is InChI=1S/C10H9N3O3/c1-5-7-4-6(13(15)16)2-3-8(7)12-10(14)9(5)11/h2-4H,11H2,1H3,(H,12,14). The van der Waals surface area contributed by atoms with Crippen molar-refractivity contribution in [3.8, 4) is 0 Å². The number of hydrogen-bond acceptors (Lipinski definition) is 4. The molecule has 0 spiro atoms. The van der Waals surface area contributed by atoms with Crippen LogP contribution in [0.25, 0.3) is 10.9 Å². The molecule has 0 aliphatic carbocycles. The van der Waals surface area contributed by atoms with Crippen molar-refractivity contribution in [2.24, 2.45) is 0 Å². The van der Waals surface area contributed by atoms with Gasteiger partial charge in [-0.05, 0) is 18.6 Å². The number of fused-ring (bicyclic) bond motifs is 1. The third-order valence-corrected chi connectivity index (χ3v) is 2.51. The number of nitro groups is 1. The van der Waals surface area contributed by atoms with Crippen LogP contribution in [0.3, 0.4) is 0 Å². The van der Waals surface area contributed by atoms with Crippen LogP contribution < -0.4 is 11.3 Å². The van der Waals surface area contributed by atoms with E-state index in [9.17, 15) is 14.9 Å². The predicted octanol–water partition coefficient (Wildman–Crippen LogP) is 1.33. The normalized spacial score (nSPS) is 10.6. The van der Waals surface area contributed by atoms with Crippen LogP contribution >= 0.6 is 0 Å². The fraction of sp³-hybridized carbons (Fsp3) is 0.100. The van der Waals surface area contributed by atoms with Crippen molar-refractivity contribution in [2.45, 2.75) is 6.92 Å². The van der Waals surface area contributed by atoms with Crippen molar-refractivity contribution < 1.29 is 4.92 Å². The summed E-state index contributed by atoms with van der Waals surface area (Å²) in [5.74, 6) is 0. The van der Waals surface area contributed by atoms with Crippen LogP contribution in [0.15, 0.2) is 23.0 Å². The Bertz CT molecular complexity index is 646. The Labute approximate surface area is 89.9 Å². The molecule has 1 aromatic heterocycles. The van der Waals surface area contributed by atoms with Gasteiger partial charge in [0.25, 0.3) is 11.2 Å². The number of nitrogen functional groups attached to an aromatic ring is 1. The Morgan fingerprint density at radius 3 is 2.75 bits per heavy atom. The highest BCUT2D eigenvalue weighted by Gasteiger charge is 2.10. The fourth-order valence-electron chi connectivity index (χ4n) is 1.57. The monoisotopic (exact) mass is 219 g/mol. The van der Waals surface area contributed by atoms with Crippen molar-refractivity contribution in [3.63, 3.8) is 0 Å². The molecular weight excluding hydrogens is 210 g/mol. The third kappa shape index (κ3) is 1.40. The Kier molecular flexibility index (Phi) is 2.12.